The van der Waals surface area contributed by atoms with Crippen LogP contribution in [-0.2, 0) is 16.1 Å². The second-order valence-corrected chi connectivity index (χ2v) is 8.78. The van der Waals surface area contributed by atoms with Gasteiger partial charge in [0.05, 0.1) is 6.54 Å². The number of ketones is 1. The van der Waals surface area contributed by atoms with Gasteiger partial charge < -0.3 is 11.1 Å². The average molecular weight is 478 g/mol. The number of Topliss-reactive ketones (excluding diaryl/α,β-unsaturated/α-hetero) is 1. The molecule has 0 fully saturated rings. The maximum Gasteiger partial charge on any atom is 0.249 e. The zero-order valence-corrected chi connectivity index (χ0v) is 21.5. The van der Waals surface area contributed by atoms with Gasteiger partial charge in [-0.3, -0.25) is 19.3 Å². The molecular formula is C29H39N3O3. The normalized spacial score (nSPS) is 12.1. The molecule has 0 radical (unpaired) electrons. The first kappa shape index (κ1) is 28.0. The fraction of sp³-hybridized carbons (Fsp3) is 0.414. The van der Waals surface area contributed by atoms with E-state index in [1.807, 2.05) is 18.2 Å². The molecule has 2 rings (SSSR count). The second-order valence-electron chi connectivity index (χ2n) is 8.78. The van der Waals surface area contributed by atoms with Gasteiger partial charge in [-0.05, 0) is 47.8 Å². The summed E-state index contributed by atoms with van der Waals surface area (Å²) in [7, 11) is 0. The summed E-state index contributed by atoms with van der Waals surface area (Å²) in [6.45, 7) is 10.6. The molecule has 2 aromatic rings. The highest BCUT2D eigenvalue weighted by Crippen LogP contribution is 2.30. The van der Waals surface area contributed by atoms with Crippen LogP contribution in [0.5, 0.6) is 0 Å². The van der Waals surface area contributed by atoms with Crippen LogP contribution in [-0.4, -0.2) is 42.1 Å². The molecule has 1 atom stereocenters. The maximum atomic E-state index is 13.1. The summed E-state index contributed by atoms with van der Waals surface area (Å²) >= 11 is 0. The van der Waals surface area contributed by atoms with Gasteiger partial charge in [0.1, 0.15) is 0 Å². The summed E-state index contributed by atoms with van der Waals surface area (Å²) in [5.41, 5.74) is 9.74. The van der Waals surface area contributed by atoms with E-state index in [0.29, 0.717) is 17.5 Å². The molecule has 0 aliphatic rings. The monoisotopic (exact) mass is 477 g/mol. The molecule has 35 heavy (non-hydrogen) atoms. The Morgan fingerprint density at radius 1 is 1.00 bits per heavy atom. The number of carbonyl (C=O) groups is 3. The second kappa shape index (κ2) is 14.2. The zero-order chi connectivity index (χ0) is 25.8. The van der Waals surface area contributed by atoms with Crippen LogP contribution in [0.2, 0.25) is 0 Å². The molecule has 188 valence electrons. The summed E-state index contributed by atoms with van der Waals surface area (Å²) < 4.78 is 0. The van der Waals surface area contributed by atoms with Gasteiger partial charge in [-0.15, -0.1) is 0 Å². The van der Waals surface area contributed by atoms with E-state index < -0.39 is 11.8 Å². The highest BCUT2D eigenvalue weighted by molar-refractivity contribution is 5.99. The molecule has 1 unspecified atom stereocenters. The first-order chi connectivity index (χ1) is 16.8. The van der Waals surface area contributed by atoms with E-state index in [9.17, 15) is 14.4 Å². The van der Waals surface area contributed by atoms with Gasteiger partial charge in [0.25, 0.3) is 0 Å². The number of nitrogens with one attached hydrogen (secondary N) is 1. The molecule has 0 saturated heterocycles. The van der Waals surface area contributed by atoms with Crippen LogP contribution in [0.25, 0.3) is 12.2 Å². The van der Waals surface area contributed by atoms with Crippen LogP contribution in [0.3, 0.4) is 0 Å². The first-order valence-electron chi connectivity index (χ1n) is 12.5. The highest BCUT2D eigenvalue weighted by atomic mass is 16.2. The lowest BCUT2D eigenvalue weighted by atomic mass is 9.84. The van der Waals surface area contributed by atoms with Gasteiger partial charge in [-0.1, -0.05) is 82.2 Å². The lowest BCUT2D eigenvalue weighted by Crippen LogP contribution is -2.31. The minimum atomic E-state index is -0.537. The predicted molar refractivity (Wildman–Crippen MR) is 143 cm³/mol. The Hall–Kier alpha value is -3.25. The molecule has 0 bridgehead atoms. The maximum absolute atomic E-state index is 13.1. The number of primary amides is 1. The number of carbonyl (C=O) groups excluding carboxylic acids is 3. The van der Waals surface area contributed by atoms with Crippen LogP contribution in [0.4, 0.5) is 0 Å². The van der Waals surface area contributed by atoms with Gasteiger partial charge in [-0.2, -0.15) is 0 Å². The first-order valence-corrected chi connectivity index (χ1v) is 12.5. The third-order valence-electron chi connectivity index (χ3n) is 6.25. The van der Waals surface area contributed by atoms with Crippen molar-refractivity contribution in [3.05, 3.63) is 70.3 Å². The van der Waals surface area contributed by atoms with Crippen molar-refractivity contribution in [2.75, 3.05) is 19.6 Å². The molecule has 0 heterocycles. The Bertz CT molecular complexity index is 1020. The number of hydrogen-bond donors (Lipinski definition) is 2. The van der Waals surface area contributed by atoms with E-state index in [4.69, 9.17) is 5.73 Å². The van der Waals surface area contributed by atoms with Crippen LogP contribution >= 0.6 is 0 Å². The summed E-state index contributed by atoms with van der Waals surface area (Å²) in [5.74, 6) is -1.30. The number of amides is 2. The van der Waals surface area contributed by atoms with Crippen molar-refractivity contribution >= 4 is 29.7 Å². The topological polar surface area (TPSA) is 92.5 Å². The molecule has 0 aliphatic heterocycles. The van der Waals surface area contributed by atoms with Crippen molar-refractivity contribution in [3.8, 4) is 0 Å². The summed E-state index contributed by atoms with van der Waals surface area (Å²) in [6, 6.07) is 13.7. The number of hydrogen-bond acceptors (Lipinski definition) is 4. The third-order valence-corrected chi connectivity index (χ3v) is 6.25. The summed E-state index contributed by atoms with van der Waals surface area (Å²) in [4.78, 5) is 39.1. The lowest BCUT2D eigenvalue weighted by Gasteiger charge is -2.20. The zero-order valence-electron chi connectivity index (χ0n) is 21.5. The molecular weight excluding hydrogens is 438 g/mol. The van der Waals surface area contributed by atoms with Crippen molar-refractivity contribution < 1.29 is 14.4 Å². The van der Waals surface area contributed by atoms with Crippen LogP contribution in [0.15, 0.2) is 42.5 Å². The van der Waals surface area contributed by atoms with Crippen LogP contribution in [0.1, 0.15) is 85.5 Å². The van der Waals surface area contributed by atoms with E-state index in [0.717, 1.165) is 43.6 Å². The van der Waals surface area contributed by atoms with Crippen molar-refractivity contribution in [1.29, 1.82) is 0 Å². The summed E-state index contributed by atoms with van der Waals surface area (Å²) in [6.07, 6.45) is 6.25. The highest BCUT2D eigenvalue weighted by Gasteiger charge is 2.24. The standard InChI is InChI=1S/C29H39N3O3/c1-5-8-10-26(28(34)19-31-21(4)33)24-11-9-12-27(29(30)35)25(24)18-17-22-13-15-23(16-14-22)20-32(6-2)7-3/h9,11-18,26H,5-8,10,19-20H2,1-4H3,(H2,30,35)(H,31,33). The minimum absolute atomic E-state index is 0.0400. The SMILES string of the molecule is CCCCC(C(=O)CNC(C)=O)c1cccc(C(N)=O)c1C=Cc1ccc(CN(CC)CC)cc1. The smallest absolute Gasteiger partial charge is 0.249 e. The van der Waals surface area contributed by atoms with Gasteiger partial charge in [0.15, 0.2) is 5.78 Å². The fourth-order valence-corrected chi connectivity index (χ4v) is 4.14. The van der Waals surface area contributed by atoms with E-state index in [2.05, 4.69) is 55.3 Å². The average Bonchev–Trinajstić information content (AvgIpc) is 2.85. The Kier molecular flexibility index (Phi) is 11.4. The quantitative estimate of drug-likeness (QED) is 0.383. The van der Waals surface area contributed by atoms with E-state index >= 15 is 0 Å². The number of nitrogens with two attached hydrogens (primary N) is 1. The Morgan fingerprint density at radius 3 is 2.26 bits per heavy atom. The molecule has 0 aromatic heterocycles. The molecule has 6 nitrogen and oxygen atoms in total. The molecule has 6 heteroatoms. The van der Waals surface area contributed by atoms with Crippen molar-refractivity contribution in [1.82, 2.24) is 10.2 Å². The predicted octanol–water partition coefficient (Wildman–Crippen LogP) is 4.78. The Balaban J connectivity index is 2.41. The van der Waals surface area contributed by atoms with E-state index in [1.165, 1.54) is 12.5 Å². The van der Waals surface area contributed by atoms with Gasteiger partial charge in [0.2, 0.25) is 11.8 Å². The Morgan fingerprint density at radius 2 is 1.69 bits per heavy atom. The van der Waals surface area contributed by atoms with E-state index in [-0.39, 0.29) is 18.2 Å². The number of unbranched alkanes of at least 4 members (excludes halogenated alkanes) is 1. The number of rotatable bonds is 14. The van der Waals surface area contributed by atoms with Crippen LogP contribution in [0, 0.1) is 0 Å². The van der Waals surface area contributed by atoms with E-state index in [1.54, 1.807) is 12.1 Å². The van der Waals surface area contributed by atoms with Crippen molar-refractivity contribution in [2.24, 2.45) is 5.73 Å². The van der Waals surface area contributed by atoms with Gasteiger partial charge in [-0.25, -0.2) is 0 Å². The van der Waals surface area contributed by atoms with Crippen molar-refractivity contribution in [2.45, 2.75) is 59.4 Å². The molecule has 0 aliphatic carbocycles. The molecule has 0 spiro atoms. The van der Waals surface area contributed by atoms with Crippen LogP contribution < -0.4 is 11.1 Å². The van der Waals surface area contributed by atoms with Gasteiger partial charge >= 0.3 is 0 Å². The Labute approximate surface area is 209 Å². The third kappa shape index (κ3) is 8.48. The van der Waals surface area contributed by atoms with Gasteiger partial charge in [0, 0.05) is 24.9 Å². The molecule has 3 N–H and O–H groups in total. The summed E-state index contributed by atoms with van der Waals surface area (Å²) in [5, 5.41) is 2.61. The molecule has 0 saturated carbocycles. The molecule has 2 aromatic carbocycles. The fourth-order valence-electron chi connectivity index (χ4n) is 4.14. The minimum Gasteiger partial charge on any atom is -0.366 e. The molecule has 2 amide bonds. The number of nitrogens with zero attached hydrogens (tertiary/aromatic N) is 1. The largest absolute Gasteiger partial charge is 0.366 e. The number of benzene rings is 2. The van der Waals surface area contributed by atoms with Crippen molar-refractivity contribution in [3.63, 3.8) is 0 Å². The lowest BCUT2D eigenvalue weighted by molar-refractivity contribution is -0.124.